The Morgan fingerprint density at radius 2 is 1.85 bits per heavy atom. The molecule has 0 aromatic heterocycles. The van der Waals surface area contributed by atoms with Crippen LogP contribution in [0.5, 0.6) is 0 Å². The van der Waals surface area contributed by atoms with E-state index in [1.54, 1.807) is 0 Å². The Kier molecular flexibility index (Phi) is 6.02. The predicted molar refractivity (Wildman–Crippen MR) is 83.8 cm³/mol. The molecule has 0 radical (unpaired) electrons. The summed E-state index contributed by atoms with van der Waals surface area (Å²) in [6, 6.07) is 8.85. The van der Waals surface area contributed by atoms with E-state index < -0.39 is 0 Å². The minimum atomic E-state index is 0.115. The van der Waals surface area contributed by atoms with Gasteiger partial charge in [0.15, 0.2) is 0 Å². The molecule has 0 spiro atoms. The third-order valence-electron chi connectivity index (χ3n) is 4.21. The van der Waals surface area contributed by atoms with Crippen molar-refractivity contribution in [2.24, 2.45) is 5.73 Å². The molecule has 0 bridgehead atoms. The zero-order valence-electron chi connectivity index (χ0n) is 12.8. The number of rotatable bonds is 6. The number of hydrogen-bond acceptors (Lipinski definition) is 3. The Balaban J connectivity index is 1.81. The van der Waals surface area contributed by atoms with Crippen LogP contribution in [0.25, 0.3) is 0 Å². The molecule has 2 N–H and O–H groups in total. The second-order valence-electron chi connectivity index (χ2n) is 5.66. The minimum Gasteiger partial charge on any atom is -0.378 e. The molecule has 2 rings (SSSR count). The molecular formula is C17H28N2O. The van der Waals surface area contributed by atoms with Crippen LogP contribution in [0.3, 0.4) is 0 Å². The van der Waals surface area contributed by atoms with Crippen molar-refractivity contribution in [3.05, 3.63) is 35.4 Å². The Morgan fingerprint density at radius 1 is 1.20 bits per heavy atom. The minimum absolute atomic E-state index is 0.115. The summed E-state index contributed by atoms with van der Waals surface area (Å²) in [5.74, 6) is 0. The molecule has 20 heavy (non-hydrogen) atoms. The fraction of sp³-hybridized carbons (Fsp3) is 0.647. The highest BCUT2D eigenvalue weighted by Gasteiger charge is 2.21. The van der Waals surface area contributed by atoms with Crippen molar-refractivity contribution >= 4 is 0 Å². The fourth-order valence-electron chi connectivity index (χ4n) is 2.88. The summed E-state index contributed by atoms with van der Waals surface area (Å²) in [6.45, 7) is 8.23. The normalized spacial score (nSPS) is 19.1. The van der Waals surface area contributed by atoms with E-state index >= 15 is 0 Å². The molecule has 1 saturated heterocycles. The van der Waals surface area contributed by atoms with Gasteiger partial charge in [-0.05, 0) is 37.3 Å². The third kappa shape index (κ3) is 4.30. The summed E-state index contributed by atoms with van der Waals surface area (Å²) in [5.41, 5.74) is 8.96. The van der Waals surface area contributed by atoms with E-state index in [0.29, 0.717) is 6.10 Å². The van der Waals surface area contributed by atoms with Crippen LogP contribution >= 0.6 is 0 Å². The zero-order chi connectivity index (χ0) is 14.4. The van der Waals surface area contributed by atoms with Crippen molar-refractivity contribution in [2.75, 3.05) is 26.2 Å². The molecule has 112 valence electrons. The van der Waals surface area contributed by atoms with E-state index in [2.05, 4.69) is 43.0 Å². The largest absolute Gasteiger partial charge is 0.378 e. The summed E-state index contributed by atoms with van der Waals surface area (Å²) in [7, 11) is 0. The van der Waals surface area contributed by atoms with Crippen LogP contribution < -0.4 is 5.73 Å². The molecule has 3 nitrogen and oxygen atoms in total. The van der Waals surface area contributed by atoms with Crippen molar-refractivity contribution in [1.82, 2.24) is 4.90 Å². The Hall–Kier alpha value is -0.900. The van der Waals surface area contributed by atoms with Crippen LogP contribution in [0.1, 0.15) is 43.9 Å². The van der Waals surface area contributed by atoms with Crippen molar-refractivity contribution < 1.29 is 4.74 Å². The Labute approximate surface area is 123 Å². The summed E-state index contributed by atoms with van der Waals surface area (Å²) >= 11 is 0. The van der Waals surface area contributed by atoms with E-state index in [1.807, 2.05) is 0 Å². The Morgan fingerprint density at radius 3 is 2.40 bits per heavy atom. The molecule has 1 aromatic carbocycles. The first-order chi connectivity index (χ1) is 9.72. The van der Waals surface area contributed by atoms with E-state index in [9.17, 15) is 0 Å². The van der Waals surface area contributed by atoms with Crippen LogP contribution in [0.15, 0.2) is 24.3 Å². The molecular weight excluding hydrogens is 248 g/mol. The summed E-state index contributed by atoms with van der Waals surface area (Å²) in [6.07, 6.45) is 3.81. The van der Waals surface area contributed by atoms with E-state index in [0.717, 1.165) is 45.5 Å². The second kappa shape index (κ2) is 7.77. The average Bonchev–Trinajstić information content (AvgIpc) is 2.49. The number of aryl methyl sites for hydroxylation is 1. The van der Waals surface area contributed by atoms with Crippen LogP contribution in [0, 0.1) is 0 Å². The van der Waals surface area contributed by atoms with Gasteiger partial charge in [-0.2, -0.15) is 0 Å². The molecule has 1 unspecified atom stereocenters. The SMILES string of the molecule is CCOC1CCN(CC(N)c2ccc(CC)cc2)CC1. The number of ether oxygens (including phenoxy) is 1. The monoisotopic (exact) mass is 276 g/mol. The van der Waals surface area contributed by atoms with E-state index in [1.165, 1.54) is 11.1 Å². The maximum Gasteiger partial charge on any atom is 0.0599 e. The first kappa shape index (κ1) is 15.5. The van der Waals surface area contributed by atoms with Crippen LogP contribution in [-0.4, -0.2) is 37.2 Å². The van der Waals surface area contributed by atoms with Crippen molar-refractivity contribution in [3.63, 3.8) is 0 Å². The number of likely N-dealkylation sites (tertiary alicyclic amines) is 1. The van der Waals surface area contributed by atoms with Crippen molar-refractivity contribution in [3.8, 4) is 0 Å². The molecule has 0 amide bonds. The molecule has 1 atom stereocenters. The number of nitrogens with zero attached hydrogens (tertiary/aromatic N) is 1. The summed E-state index contributed by atoms with van der Waals surface area (Å²) in [4.78, 5) is 2.47. The van der Waals surface area contributed by atoms with E-state index in [-0.39, 0.29) is 6.04 Å². The van der Waals surface area contributed by atoms with Gasteiger partial charge in [0, 0.05) is 32.3 Å². The highest BCUT2D eigenvalue weighted by atomic mass is 16.5. The van der Waals surface area contributed by atoms with Gasteiger partial charge >= 0.3 is 0 Å². The highest BCUT2D eigenvalue weighted by molar-refractivity contribution is 5.25. The third-order valence-corrected chi connectivity index (χ3v) is 4.21. The van der Waals surface area contributed by atoms with Crippen LogP contribution in [-0.2, 0) is 11.2 Å². The standard InChI is InChI=1S/C17H28N2O/c1-3-14-5-7-15(8-6-14)17(18)13-19-11-9-16(10-12-19)20-4-2/h5-8,16-17H,3-4,9-13,18H2,1-2H3. The highest BCUT2D eigenvalue weighted by Crippen LogP contribution is 2.18. The van der Waals surface area contributed by atoms with Crippen molar-refractivity contribution in [2.45, 2.75) is 45.3 Å². The molecule has 1 heterocycles. The van der Waals surface area contributed by atoms with Gasteiger partial charge in [-0.15, -0.1) is 0 Å². The van der Waals surface area contributed by atoms with Gasteiger partial charge in [0.1, 0.15) is 0 Å². The van der Waals surface area contributed by atoms with Crippen LogP contribution in [0.4, 0.5) is 0 Å². The molecule has 1 fully saturated rings. The van der Waals surface area contributed by atoms with E-state index in [4.69, 9.17) is 10.5 Å². The molecule has 1 aliphatic rings. The van der Waals surface area contributed by atoms with Gasteiger partial charge in [0.25, 0.3) is 0 Å². The van der Waals surface area contributed by atoms with Gasteiger partial charge < -0.3 is 15.4 Å². The van der Waals surface area contributed by atoms with Crippen LogP contribution in [0.2, 0.25) is 0 Å². The number of hydrogen-bond donors (Lipinski definition) is 1. The van der Waals surface area contributed by atoms with Gasteiger partial charge in [0.05, 0.1) is 6.10 Å². The Bertz CT molecular complexity index is 382. The first-order valence-electron chi connectivity index (χ1n) is 7.91. The molecule has 1 aliphatic heterocycles. The lowest BCUT2D eigenvalue weighted by Crippen LogP contribution is -2.40. The zero-order valence-corrected chi connectivity index (χ0v) is 12.8. The fourth-order valence-corrected chi connectivity index (χ4v) is 2.88. The van der Waals surface area contributed by atoms with Crippen molar-refractivity contribution in [1.29, 1.82) is 0 Å². The maximum absolute atomic E-state index is 6.34. The number of piperidine rings is 1. The molecule has 0 aliphatic carbocycles. The summed E-state index contributed by atoms with van der Waals surface area (Å²) in [5, 5.41) is 0. The number of nitrogens with two attached hydrogens (primary N) is 1. The van der Waals surface area contributed by atoms with Gasteiger partial charge in [-0.3, -0.25) is 0 Å². The second-order valence-corrected chi connectivity index (χ2v) is 5.66. The quantitative estimate of drug-likeness (QED) is 0.868. The smallest absolute Gasteiger partial charge is 0.0599 e. The first-order valence-corrected chi connectivity index (χ1v) is 7.91. The molecule has 3 heteroatoms. The van der Waals surface area contributed by atoms with Gasteiger partial charge in [0.2, 0.25) is 0 Å². The lowest BCUT2D eigenvalue weighted by atomic mass is 10.0. The van der Waals surface area contributed by atoms with Gasteiger partial charge in [-0.1, -0.05) is 31.2 Å². The average molecular weight is 276 g/mol. The maximum atomic E-state index is 6.34. The lowest BCUT2D eigenvalue weighted by molar-refractivity contribution is 0.0131. The van der Waals surface area contributed by atoms with Gasteiger partial charge in [-0.25, -0.2) is 0 Å². The number of benzene rings is 1. The topological polar surface area (TPSA) is 38.5 Å². The predicted octanol–water partition coefficient (Wildman–Crippen LogP) is 2.75. The molecule has 0 saturated carbocycles. The lowest BCUT2D eigenvalue weighted by Gasteiger charge is -2.33. The molecule has 1 aromatic rings. The summed E-state index contributed by atoms with van der Waals surface area (Å²) < 4.78 is 5.69.